The molecule has 142 valence electrons. The molecule has 0 rings (SSSR count). The minimum atomic E-state index is -1.15. The second-order valence-corrected chi connectivity index (χ2v) is 5.35. The van der Waals surface area contributed by atoms with E-state index in [1.54, 1.807) is 0 Å². The van der Waals surface area contributed by atoms with Crippen LogP contribution in [0.15, 0.2) is 0 Å². The van der Waals surface area contributed by atoms with E-state index in [9.17, 15) is 9.59 Å². The Morgan fingerprint density at radius 1 is 0.708 bits per heavy atom. The second-order valence-electron chi connectivity index (χ2n) is 5.35. The number of hydrogen-bond acceptors (Lipinski definition) is 8. The van der Waals surface area contributed by atoms with Gasteiger partial charge in [-0.15, -0.1) is 0 Å². The number of methoxy groups -OCH3 is 2. The van der Waals surface area contributed by atoms with Gasteiger partial charge in [0, 0.05) is 14.2 Å². The molecule has 0 aromatic carbocycles. The molecule has 4 N–H and O–H groups in total. The molecule has 0 heterocycles. The van der Waals surface area contributed by atoms with E-state index >= 15 is 0 Å². The average molecular weight is 348 g/mol. The molecule has 0 bridgehead atoms. The van der Waals surface area contributed by atoms with Crippen molar-refractivity contribution in [3.05, 3.63) is 0 Å². The lowest BCUT2D eigenvalue weighted by atomic mass is 10.2. The molecule has 0 aliphatic carbocycles. The van der Waals surface area contributed by atoms with Crippen LogP contribution in [0.2, 0.25) is 0 Å². The van der Waals surface area contributed by atoms with Crippen LogP contribution in [0.1, 0.15) is 38.5 Å². The van der Waals surface area contributed by atoms with E-state index in [-0.39, 0.29) is 13.2 Å². The van der Waals surface area contributed by atoms with Gasteiger partial charge in [0.05, 0.1) is 13.2 Å². The summed E-state index contributed by atoms with van der Waals surface area (Å²) in [6.45, 7) is 1.72. The predicted molar refractivity (Wildman–Crippen MR) is 89.3 cm³/mol. The third kappa shape index (κ3) is 9.82. The average Bonchev–Trinajstić information content (AvgIpc) is 2.58. The van der Waals surface area contributed by atoms with Gasteiger partial charge in [-0.2, -0.15) is 0 Å². The highest BCUT2D eigenvalue weighted by atomic mass is 16.6. The molecular weight excluding hydrogens is 316 g/mol. The number of carbonyl (C=O) groups is 2. The van der Waals surface area contributed by atoms with Crippen molar-refractivity contribution in [2.45, 2.75) is 50.7 Å². The van der Waals surface area contributed by atoms with E-state index < -0.39 is 24.1 Å². The summed E-state index contributed by atoms with van der Waals surface area (Å²) in [5.41, 5.74) is 10.8. The Bertz CT molecular complexity index is 309. The summed E-state index contributed by atoms with van der Waals surface area (Å²) in [5, 5.41) is 0. The maximum Gasteiger partial charge on any atom is 0.338 e. The number of esters is 2. The molecule has 0 aliphatic rings. The fraction of sp³-hybridized carbons (Fsp3) is 0.875. The van der Waals surface area contributed by atoms with Crippen molar-refractivity contribution in [1.82, 2.24) is 0 Å². The van der Waals surface area contributed by atoms with Gasteiger partial charge in [0.25, 0.3) is 0 Å². The molecule has 24 heavy (non-hydrogen) atoms. The molecule has 0 unspecified atom stereocenters. The lowest BCUT2D eigenvalue weighted by molar-refractivity contribution is -0.178. The van der Waals surface area contributed by atoms with Crippen molar-refractivity contribution >= 4 is 11.9 Å². The summed E-state index contributed by atoms with van der Waals surface area (Å²) in [4.78, 5) is 24.1. The van der Waals surface area contributed by atoms with E-state index in [1.807, 2.05) is 0 Å². The number of ether oxygens (including phenoxy) is 4. The Hall–Kier alpha value is -1.22. The molecule has 8 heteroatoms. The summed E-state index contributed by atoms with van der Waals surface area (Å²) in [6.07, 6.45) is 2.62. The number of carbonyl (C=O) groups excluding carboxylic acids is 2. The number of unbranched alkanes of at least 4 members (excludes halogenated alkanes) is 4. The van der Waals surface area contributed by atoms with E-state index in [1.165, 1.54) is 14.2 Å². The first-order valence-electron chi connectivity index (χ1n) is 8.41. The fourth-order valence-electron chi connectivity index (χ4n) is 2.04. The van der Waals surface area contributed by atoms with Gasteiger partial charge in [0.2, 0.25) is 0 Å². The minimum absolute atomic E-state index is 0.253. The van der Waals surface area contributed by atoms with Crippen LogP contribution < -0.4 is 11.5 Å². The molecule has 0 saturated carbocycles. The van der Waals surface area contributed by atoms with Gasteiger partial charge in [0.1, 0.15) is 0 Å². The molecule has 0 saturated heterocycles. The van der Waals surface area contributed by atoms with Gasteiger partial charge < -0.3 is 30.4 Å². The molecule has 0 aliphatic heterocycles. The highest BCUT2D eigenvalue weighted by Gasteiger charge is 2.36. The second kappa shape index (κ2) is 15.3. The van der Waals surface area contributed by atoms with Crippen molar-refractivity contribution in [2.75, 3.05) is 40.5 Å². The smallest absolute Gasteiger partial charge is 0.338 e. The zero-order valence-electron chi connectivity index (χ0n) is 14.8. The molecule has 0 aromatic rings. The normalized spacial score (nSPS) is 13.3. The lowest BCUT2D eigenvalue weighted by Crippen LogP contribution is -2.44. The van der Waals surface area contributed by atoms with Gasteiger partial charge in [-0.1, -0.05) is 0 Å². The number of rotatable bonds is 15. The minimum Gasteiger partial charge on any atom is -0.464 e. The maximum absolute atomic E-state index is 12.1. The number of hydrogen-bond donors (Lipinski definition) is 2. The largest absolute Gasteiger partial charge is 0.464 e. The third-order valence-corrected chi connectivity index (χ3v) is 3.43. The monoisotopic (exact) mass is 348 g/mol. The van der Waals surface area contributed by atoms with E-state index in [4.69, 9.17) is 30.4 Å². The molecule has 0 spiro atoms. The topological polar surface area (TPSA) is 123 Å². The maximum atomic E-state index is 12.1. The molecule has 0 radical (unpaired) electrons. The van der Waals surface area contributed by atoms with Crippen LogP contribution in [0.5, 0.6) is 0 Å². The summed E-state index contributed by atoms with van der Waals surface area (Å²) in [6, 6.07) is 0. The molecule has 0 fully saturated rings. The molecular formula is C16H32N2O6. The van der Waals surface area contributed by atoms with Gasteiger partial charge in [-0.3, -0.25) is 0 Å². The first-order valence-corrected chi connectivity index (χ1v) is 8.41. The van der Waals surface area contributed by atoms with Crippen LogP contribution in [0.3, 0.4) is 0 Å². The summed E-state index contributed by atoms with van der Waals surface area (Å²) >= 11 is 0. The molecule has 0 aromatic heterocycles. The van der Waals surface area contributed by atoms with Crippen LogP contribution in [0.4, 0.5) is 0 Å². The number of nitrogens with two attached hydrogens (primary N) is 2. The van der Waals surface area contributed by atoms with E-state index in [2.05, 4.69) is 0 Å². The first-order chi connectivity index (χ1) is 11.6. The van der Waals surface area contributed by atoms with E-state index in [0.717, 1.165) is 25.7 Å². The Morgan fingerprint density at radius 2 is 1.08 bits per heavy atom. The Kier molecular flexibility index (Phi) is 14.5. The van der Waals surface area contributed by atoms with Crippen molar-refractivity contribution < 1.29 is 28.5 Å². The zero-order valence-corrected chi connectivity index (χ0v) is 14.8. The third-order valence-electron chi connectivity index (χ3n) is 3.43. The van der Waals surface area contributed by atoms with Gasteiger partial charge in [0.15, 0.2) is 12.2 Å². The standard InChI is InChI=1S/C16H32N2O6/c1-21-13(15(19)23-11-7-3-5-9-17)14(22-2)16(20)24-12-8-4-6-10-18/h13-14H,3-12,17-18H2,1-2H3/t13-,14-/m1/s1. The van der Waals surface area contributed by atoms with Crippen molar-refractivity contribution in [3.63, 3.8) is 0 Å². The fourth-order valence-corrected chi connectivity index (χ4v) is 2.04. The Morgan fingerprint density at radius 3 is 1.38 bits per heavy atom. The molecule has 8 nitrogen and oxygen atoms in total. The van der Waals surface area contributed by atoms with Crippen LogP contribution in [-0.4, -0.2) is 64.7 Å². The summed E-state index contributed by atoms with van der Waals surface area (Å²) in [5.74, 6) is -1.28. The highest BCUT2D eigenvalue weighted by molar-refractivity contribution is 5.85. The molecule has 2 atom stereocenters. The van der Waals surface area contributed by atoms with Crippen LogP contribution in [0, 0.1) is 0 Å². The van der Waals surface area contributed by atoms with Crippen molar-refractivity contribution in [3.8, 4) is 0 Å². The summed E-state index contributed by atoms with van der Waals surface area (Å²) in [7, 11) is 2.64. The van der Waals surface area contributed by atoms with Crippen molar-refractivity contribution in [1.29, 1.82) is 0 Å². The quantitative estimate of drug-likeness (QED) is 0.321. The van der Waals surface area contributed by atoms with Crippen LogP contribution >= 0.6 is 0 Å². The van der Waals surface area contributed by atoms with Gasteiger partial charge in [-0.25, -0.2) is 9.59 Å². The first kappa shape index (κ1) is 22.8. The van der Waals surface area contributed by atoms with Gasteiger partial charge in [-0.05, 0) is 51.6 Å². The highest BCUT2D eigenvalue weighted by Crippen LogP contribution is 2.09. The van der Waals surface area contributed by atoms with E-state index in [0.29, 0.717) is 25.9 Å². The Balaban J connectivity index is 4.29. The molecule has 0 amide bonds. The Labute approximate surface area is 144 Å². The zero-order chi connectivity index (χ0) is 18.2. The van der Waals surface area contributed by atoms with Crippen LogP contribution in [0.25, 0.3) is 0 Å². The van der Waals surface area contributed by atoms with Crippen molar-refractivity contribution in [2.24, 2.45) is 11.5 Å². The predicted octanol–water partition coefficient (Wildman–Crippen LogP) is 0.361. The van der Waals surface area contributed by atoms with Gasteiger partial charge >= 0.3 is 11.9 Å². The van der Waals surface area contributed by atoms with Crippen LogP contribution in [-0.2, 0) is 28.5 Å². The SMILES string of the molecule is CO[C@@H](C(=O)OCCCCCN)[C@@H](OC)C(=O)OCCCCCN. The lowest BCUT2D eigenvalue weighted by Gasteiger charge is -2.22. The summed E-state index contributed by atoms with van der Waals surface area (Å²) < 4.78 is 20.4.